The minimum absolute atomic E-state index is 0.0985. The minimum Gasteiger partial charge on any atom is -0.321 e. The lowest BCUT2D eigenvalue weighted by Gasteiger charge is -2.19. The molecule has 0 aromatic heterocycles. The van der Waals surface area contributed by atoms with Crippen molar-refractivity contribution in [2.45, 2.75) is 12.8 Å². The number of hydrogen-bond donors (Lipinski definition) is 1. The monoisotopic (exact) mass is 384 g/mol. The first-order valence-electron chi connectivity index (χ1n) is 7.77. The van der Waals surface area contributed by atoms with E-state index in [0.717, 1.165) is 22.1 Å². The molecule has 1 N–H and O–H groups in total. The summed E-state index contributed by atoms with van der Waals surface area (Å²) >= 11 is 3.40. The first kappa shape index (κ1) is 16.5. The molecule has 24 heavy (non-hydrogen) atoms. The average molecular weight is 385 g/mol. The highest BCUT2D eigenvalue weighted by molar-refractivity contribution is 9.10. The number of carbonyl (C=O) groups is 2. The van der Waals surface area contributed by atoms with Crippen molar-refractivity contribution in [3.8, 4) is 0 Å². The number of amides is 2. The fourth-order valence-electron chi connectivity index (χ4n) is 2.67. The Morgan fingerprint density at radius 1 is 1.17 bits per heavy atom. The third kappa shape index (κ3) is 3.92. The van der Waals surface area contributed by atoms with E-state index < -0.39 is 0 Å². The van der Waals surface area contributed by atoms with Gasteiger partial charge < -0.3 is 10.2 Å². The van der Waals surface area contributed by atoms with Gasteiger partial charge in [-0.2, -0.15) is 0 Å². The van der Waals surface area contributed by atoms with Gasteiger partial charge in [0.05, 0.1) is 11.4 Å². The number of para-hydroxylation sites is 2. The second kappa shape index (κ2) is 7.45. The molecule has 0 bridgehead atoms. The summed E-state index contributed by atoms with van der Waals surface area (Å²) in [5.74, 6) is -0.129. The predicted molar refractivity (Wildman–Crippen MR) is 99.8 cm³/mol. The maximum atomic E-state index is 12.2. The van der Waals surface area contributed by atoms with Crippen molar-refractivity contribution < 1.29 is 9.59 Å². The number of carbonyl (C=O) groups excluding carboxylic acids is 2. The zero-order valence-electron chi connectivity index (χ0n) is 13.0. The highest BCUT2D eigenvalue weighted by Crippen LogP contribution is 2.29. The molecule has 1 saturated heterocycles. The van der Waals surface area contributed by atoms with Gasteiger partial charge in [-0.05, 0) is 42.3 Å². The molecule has 0 atom stereocenters. The molecule has 1 aliphatic heterocycles. The maximum absolute atomic E-state index is 12.2. The van der Waals surface area contributed by atoms with E-state index in [2.05, 4.69) is 21.2 Å². The van der Waals surface area contributed by atoms with E-state index in [-0.39, 0.29) is 11.8 Å². The second-order valence-electron chi connectivity index (χ2n) is 5.54. The Balaban J connectivity index is 1.74. The number of hydrogen-bond acceptors (Lipinski definition) is 2. The van der Waals surface area contributed by atoms with E-state index in [1.165, 1.54) is 6.08 Å². The fourth-order valence-corrected chi connectivity index (χ4v) is 3.09. The van der Waals surface area contributed by atoms with E-state index in [1.807, 2.05) is 48.5 Å². The minimum atomic E-state index is -0.228. The van der Waals surface area contributed by atoms with Crippen LogP contribution in [0, 0.1) is 0 Å². The number of anilines is 2. The van der Waals surface area contributed by atoms with Crippen LogP contribution in [0.15, 0.2) is 59.1 Å². The molecule has 122 valence electrons. The summed E-state index contributed by atoms with van der Waals surface area (Å²) in [6.45, 7) is 0.694. The van der Waals surface area contributed by atoms with Gasteiger partial charge in [0.25, 0.3) is 0 Å². The standard InChI is InChI=1S/C19H17BrN2O2/c20-15-6-3-5-14(13-15)10-11-18(23)21-16-7-1-2-8-17(16)22-12-4-9-19(22)24/h1-3,5-8,10-11,13H,4,9,12H2,(H,21,23)/b11-10+. The Labute approximate surface area is 149 Å². The molecule has 4 nitrogen and oxygen atoms in total. The van der Waals surface area contributed by atoms with Crippen molar-refractivity contribution >= 4 is 45.2 Å². The topological polar surface area (TPSA) is 49.4 Å². The highest BCUT2D eigenvalue weighted by atomic mass is 79.9. The molecule has 0 radical (unpaired) electrons. The summed E-state index contributed by atoms with van der Waals surface area (Å²) in [5, 5.41) is 2.86. The summed E-state index contributed by atoms with van der Waals surface area (Å²) in [4.78, 5) is 25.9. The summed E-state index contributed by atoms with van der Waals surface area (Å²) in [6, 6.07) is 15.1. The molecule has 2 amide bonds. The first-order valence-corrected chi connectivity index (χ1v) is 8.57. The van der Waals surface area contributed by atoms with Crippen LogP contribution in [0.2, 0.25) is 0 Å². The molecule has 1 heterocycles. The van der Waals surface area contributed by atoms with Crippen LogP contribution in [0.1, 0.15) is 18.4 Å². The summed E-state index contributed by atoms with van der Waals surface area (Å²) in [6.07, 6.45) is 4.66. The number of nitrogens with zero attached hydrogens (tertiary/aromatic N) is 1. The lowest BCUT2D eigenvalue weighted by molar-refractivity contribution is -0.117. The Morgan fingerprint density at radius 3 is 2.75 bits per heavy atom. The number of benzene rings is 2. The van der Waals surface area contributed by atoms with Crippen LogP contribution in [-0.4, -0.2) is 18.4 Å². The number of halogens is 1. The van der Waals surface area contributed by atoms with Gasteiger partial charge in [-0.25, -0.2) is 0 Å². The fraction of sp³-hybridized carbons (Fsp3) is 0.158. The molecule has 2 aromatic carbocycles. The highest BCUT2D eigenvalue weighted by Gasteiger charge is 2.23. The lowest BCUT2D eigenvalue weighted by atomic mass is 10.2. The molecule has 1 fully saturated rings. The van der Waals surface area contributed by atoms with Crippen molar-refractivity contribution in [2.75, 3.05) is 16.8 Å². The summed E-state index contributed by atoms with van der Waals surface area (Å²) < 4.78 is 0.961. The molecular formula is C19H17BrN2O2. The van der Waals surface area contributed by atoms with Gasteiger partial charge in [0.15, 0.2) is 0 Å². The SMILES string of the molecule is O=C(/C=C/c1cccc(Br)c1)Nc1ccccc1N1CCCC1=O. The van der Waals surface area contributed by atoms with Crippen LogP contribution in [0.25, 0.3) is 6.08 Å². The van der Waals surface area contributed by atoms with Gasteiger partial charge in [0.2, 0.25) is 11.8 Å². The van der Waals surface area contributed by atoms with Gasteiger partial charge in [-0.3, -0.25) is 9.59 Å². The van der Waals surface area contributed by atoms with Crippen molar-refractivity contribution in [3.63, 3.8) is 0 Å². The molecule has 0 saturated carbocycles. The molecule has 0 aliphatic carbocycles. The molecular weight excluding hydrogens is 368 g/mol. The van der Waals surface area contributed by atoms with Crippen molar-refractivity contribution in [1.29, 1.82) is 0 Å². The van der Waals surface area contributed by atoms with E-state index in [9.17, 15) is 9.59 Å². The van der Waals surface area contributed by atoms with Gasteiger partial charge in [-0.1, -0.05) is 40.2 Å². The summed E-state index contributed by atoms with van der Waals surface area (Å²) in [7, 11) is 0. The Morgan fingerprint density at radius 2 is 2.00 bits per heavy atom. The van der Waals surface area contributed by atoms with Crippen LogP contribution in [-0.2, 0) is 9.59 Å². The predicted octanol–water partition coefficient (Wildman–Crippen LogP) is 4.23. The van der Waals surface area contributed by atoms with E-state index in [0.29, 0.717) is 18.7 Å². The van der Waals surface area contributed by atoms with Crippen molar-refractivity contribution in [1.82, 2.24) is 0 Å². The van der Waals surface area contributed by atoms with Gasteiger partial charge in [0, 0.05) is 23.5 Å². The normalized spacial score (nSPS) is 14.4. The lowest BCUT2D eigenvalue weighted by Crippen LogP contribution is -2.25. The van der Waals surface area contributed by atoms with Crippen LogP contribution < -0.4 is 10.2 Å². The molecule has 0 spiro atoms. The Bertz CT molecular complexity index is 801. The molecule has 0 unspecified atom stereocenters. The molecule has 3 rings (SSSR count). The summed E-state index contributed by atoms with van der Waals surface area (Å²) in [5.41, 5.74) is 2.34. The smallest absolute Gasteiger partial charge is 0.248 e. The first-order chi connectivity index (χ1) is 11.6. The van der Waals surface area contributed by atoms with E-state index >= 15 is 0 Å². The van der Waals surface area contributed by atoms with E-state index in [1.54, 1.807) is 11.0 Å². The van der Waals surface area contributed by atoms with Crippen LogP contribution in [0.5, 0.6) is 0 Å². The van der Waals surface area contributed by atoms with Crippen LogP contribution in [0.3, 0.4) is 0 Å². The van der Waals surface area contributed by atoms with Gasteiger partial charge in [-0.15, -0.1) is 0 Å². The molecule has 1 aliphatic rings. The van der Waals surface area contributed by atoms with Crippen molar-refractivity contribution in [2.24, 2.45) is 0 Å². The van der Waals surface area contributed by atoms with Crippen molar-refractivity contribution in [3.05, 3.63) is 64.6 Å². The van der Waals surface area contributed by atoms with Gasteiger partial charge in [0.1, 0.15) is 0 Å². The number of rotatable bonds is 4. The zero-order chi connectivity index (χ0) is 16.9. The molecule has 2 aromatic rings. The quantitative estimate of drug-likeness (QED) is 0.801. The zero-order valence-corrected chi connectivity index (χ0v) is 14.6. The third-order valence-corrected chi connectivity index (χ3v) is 4.30. The Kier molecular flexibility index (Phi) is 5.11. The van der Waals surface area contributed by atoms with Crippen LogP contribution in [0.4, 0.5) is 11.4 Å². The van der Waals surface area contributed by atoms with E-state index in [4.69, 9.17) is 0 Å². The maximum Gasteiger partial charge on any atom is 0.248 e. The third-order valence-electron chi connectivity index (χ3n) is 3.80. The average Bonchev–Trinajstić information content (AvgIpc) is 2.99. The second-order valence-corrected chi connectivity index (χ2v) is 6.46. The number of nitrogens with one attached hydrogen (secondary N) is 1. The molecule has 5 heteroatoms. The van der Waals surface area contributed by atoms with Crippen LogP contribution >= 0.6 is 15.9 Å². The largest absolute Gasteiger partial charge is 0.321 e. The Hall–Kier alpha value is -2.40. The van der Waals surface area contributed by atoms with Gasteiger partial charge >= 0.3 is 0 Å².